The summed E-state index contributed by atoms with van der Waals surface area (Å²) in [5, 5.41) is 4.68. The molecule has 1 nitrogen and oxygen atoms in total. The van der Waals surface area contributed by atoms with E-state index < -0.39 is 0 Å². The van der Waals surface area contributed by atoms with Gasteiger partial charge >= 0.3 is 0 Å². The van der Waals surface area contributed by atoms with Gasteiger partial charge in [-0.1, -0.05) is 54.4 Å². The van der Waals surface area contributed by atoms with Crippen LogP contribution in [0.3, 0.4) is 0 Å². The predicted molar refractivity (Wildman–Crippen MR) is 87.8 cm³/mol. The van der Waals surface area contributed by atoms with E-state index in [0.717, 1.165) is 18.4 Å². The van der Waals surface area contributed by atoms with Gasteiger partial charge in [-0.05, 0) is 54.8 Å². The fraction of sp³-hybridized carbons (Fsp3) is 0.294. The molecule has 0 heterocycles. The van der Waals surface area contributed by atoms with Crippen LogP contribution in [0, 0.1) is 0 Å². The average molecular weight is 308 g/mol. The van der Waals surface area contributed by atoms with E-state index in [1.807, 2.05) is 19.2 Å². The molecule has 106 valence electrons. The van der Waals surface area contributed by atoms with E-state index in [4.69, 9.17) is 23.2 Å². The van der Waals surface area contributed by atoms with Crippen molar-refractivity contribution in [1.29, 1.82) is 0 Å². The van der Waals surface area contributed by atoms with Gasteiger partial charge in [0.05, 0.1) is 0 Å². The highest BCUT2D eigenvalue weighted by Crippen LogP contribution is 2.25. The molecule has 2 aromatic rings. The summed E-state index contributed by atoms with van der Waals surface area (Å²) in [5.41, 5.74) is 3.78. The molecule has 0 saturated carbocycles. The number of nitrogens with one attached hydrogen (secondary N) is 1. The van der Waals surface area contributed by atoms with Crippen LogP contribution in [0.25, 0.3) is 0 Å². The maximum Gasteiger partial charge on any atom is 0.0424 e. The first-order chi connectivity index (χ1) is 9.62. The van der Waals surface area contributed by atoms with Gasteiger partial charge in [0.2, 0.25) is 0 Å². The standard InChI is InChI=1S/C17H19Cl2N/c1-3-12-4-6-13(7-5-12)8-17(20-2)14-9-15(18)11-16(19)10-14/h4-7,9-11,17,20H,3,8H2,1-2H3. The molecule has 0 aromatic heterocycles. The van der Waals surface area contributed by atoms with Gasteiger partial charge in [0.25, 0.3) is 0 Å². The van der Waals surface area contributed by atoms with E-state index >= 15 is 0 Å². The maximum atomic E-state index is 6.08. The topological polar surface area (TPSA) is 12.0 Å². The summed E-state index contributed by atoms with van der Waals surface area (Å²) in [6.07, 6.45) is 1.98. The molecule has 20 heavy (non-hydrogen) atoms. The lowest BCUT2D eigenvalue weighted by Crippen LogP contribution is -2.18. The Bertz CT molecular complexity index is 543. The molecule has 3 heteroatoms. The van der Waals surface area contributed by atoms with Gasteiger partial charge in [-0.3, -0.25) is 0 Å². The monoisotopic (exact) mass is 307 g/mol. The molecule has 0 fully saturated rings. The van der Waals surface area contributed by atoms with Crippen molar-refractivity contribution in [3.05, 3.63) is 69.2 Å². The molecular formula is C17H19Cl2N. The first-order valence-corrected chi connectivity index (χ1v) is 7.59. The Morgan fingerprint density at radius 3 is 2.00 bits per heavy atom. The third-order valence-corrected chi connectivity index (χ3v) is 3.94. The summed E-state index contributed by atoms with van der Waals surface area (Å²) in [4.78, 5) is 0. The second-order valence-electron chi connectivity index (χ2n) is 4.92. The fourth-order valence-electron chi connectivity index (χ4n) is 2.31. The number of hydrogen-bond donors (Lipinski definition) is 1. The smallest absolute Gasteiger partial charge is 0.0424 e. The molecule has 0 aliphatic rings. The zero-order chi connectivity index (χ0) is 14.5. The largest absolute Gasteiger partial charge is 0.313 e. The van der Waals surface area contributed by atoms with Gasteiger partial charge in [0.1, 0.15) is 0 Å². The van der Waals surface area contributed by atoms with Gasteiger partial charge in [-0.15, -0.1) is 0 Å². The third-order valence-electron chi connectivity index (χ3n) is 3.51. The molecule has 2 rings (SSSR count). The molecule has 0 saturated heterocycles. The Hall–Kier alpha value is -1.02. The first-order valence-electron chi connectivity index (χ1n) is 6.83. The van der Waals surface area contributed by atoms with Crippen LogP contribution in [-0.4, -0.2) is 7.05 Å². The van der Waals surface area contributed by atoms with Crippen LogP contribution in [0.4, 0.5) is 0 Å². The number of likely N-dealkylation sites (N-methyl/N-ethyl adjacent to an activating group) is 1. The summed E-state index contributed by atoms with van der Waals surface area (Å²) in [6.45, 7) is 2.17. The quantitative estimate of drug-likeness (QED) is 0.814. The SMILES string of the molecule is CCc1ccc(CC(NC)c2cc(Cl)cc(Cl)c2)cc1. The van der Waals surface area contributed by atoms with Crippen LogP contribution in [0.5, 0.6) is 0 Å². The van der Waals surface area contributed by atoms with Crippen LogP contribution < -0.4 is 5.32 Å². The lowest BCUT2D eigenvalue weighted by atomic mass is 9.98. The molecule has 1 atom stereocenters. The Morgan fingerprint density at radius 1 is 0.950 bits per heavy atom. The molecule has 2 aromatic carbocycles. The molecule has 0 spiro atoms. The normalized spacial score (nSPS) is 12.4. The minimum Gasteiger partial charge on any atom is -0.313 e. The van der Waals surface area contributed by atoms with Gasteiger partial charge in [0.15, 0.2) is 0 Å². The van der Waals surface area contributed by atoms with E-state index in [-0.39, 0.29) is 6.04 Å². The van der Waals surface area contributed by atoms with Crippen LogP contribution in [-0.2, 0) is 12.8 Å². The summed E-state index contributed by atoms with van der Waals surface area (Å²) < 4.78 is 0. The predicted octanol–water partition coefficient (Wildman–Crippen LogP) is 5.06. The number of aryl methyl sites for hydroxylation is 1. The van der Waals surface area contributed by atoms with E-state index in [2.05, 4.69) is 36.5 Å². The molecule has 1 unspecified atom stereocenters. The van der Waals surface area contributed by atoms with Crippen LogP contribution >= 0.6 is 23.2 Å². The zero-order valence-corrected chi connectivity index (χ0v) is 13.3. The Labute approximate surface area is 130 Å². The van der Waals surface area contributed by atoms with E-state index in [9.17, 15) is 0 Å². The lowest BCUT2D eigenvalue weighted by molar-refractivity contribution is 0.592. The molecule has 0 aliphatic carbocycles. The first kappa shape index (κ1) is 15.4. The molecule has 0 amide bonds. The molecule has 0 radical (unpaired) electrons. The Kier molecular flexibility index (Phi) is 5.47. The van der Waals surface area contributed by atoms with E-state index in [1.54, 1.807) is 6.07 Å². The number of hydrogen-bond acceptors (Lipinski definition) is 1. The van der Waals surface area contributed by atoms with Crippen molar-refractivity contribution in [2.45, 2.75) is 25.8 Å². The van der Waals surface area contributed by atoms with E-state index in [0.29, 0.717) is 10.0 Å². The van der Waals surface area contributed by atoms with Crippen molar-refractivity contribution in [3.8, 4) is 0 Å². The zero-order valence-electron chi connectivity index (χ0n) is 11.8. The minimum absolute atomic E-state index is 0.207. The van der Waals surface area contributed by atoms with E-state index in [1.165, 1.54) is 11.1 Å². The second kappa shape index (κ2) is 7.12. The van der Waals surface area contributed by atoms with Crippen LogP contribution in [0.1, 0.15) is 29.7 Å². The summed E-state index contributed by atoms with van der Waals surface area (Å²) >= 11 is 12.2. The maximum absolute atomic E-state index is 6.08. The van der Waals surface area contributed by atoms with Crippen molar-refractivity contribution in [2.75, 3.05) is 7.05 Å². The summed E-state index contributed by atoms with van der Waals surface area (Å²) in [5.74, 6) is 0. The highest BCUT2D eigenvalue weighted by atomic mass is 35.5. The summed E-state index contributed by atoms with van der Waals surface area (Å²) in [7, 11) is 1.96. The molecule has 0 aliphatic heterocycles. The van der Waals surface area contributed by atoms with Gasteiger partial charge in [-0.25, -0.2) is 0 Å². The van der Waals surface area contributed by atoms with Crippen molar-refractivity contribution >= 4 is 23.2 Å². The lowest BCUT2D eigenvalue weighted by Gasteiger charge is -2.17. The Morgan fingerprint density at radius 2 is 1.50 bits per heavy atom. The minimum atomic E-state index is 0.207. The number of benzene rings is 2. The van der Waals surface area contributed by atoms with Crippen molar-refractivity contribution in [3.63, 3.8) is 0 Å². The highest BCUT2D eigenvalue weighted by Gasteiger charge is 2.11. The Balaban J connectivity index is 2.19. The van der Waals surface area contributed by atoms with Crippen LogP contribution in [0.2, 0.25) is 10.0 Å². The van der Waals surface area contributed by atoms with Crippen LogP contribution in [0.15, 0.2) is 42.5 Å². The van der Waals surface area contributed by atoms with Crippen molar-refractivity contribution < 1.29 is 0 Å². The summed E-state index contributed by atoms with van der Waals surface area (Å²) in [6, 6.07) is 14.7. The second-order valence-corrected chi connectivity index (χ2v) is 5.79. The van der Waals surface area contributed by atoms with Crippen molar-refractivity contribution in [1.82, 2.24) is 5.32 Å². The highest BCUT2D eigenvalue weighted by molar-refractivity contribution is 6.34. The molecule has 1 N–H and O–H groups in total. The van der Waals surface area contributed by atoms with Gasteiger partial charge < -0.3 is 5.32 Å². The average Bonchev–Trinajstić information content (AvgIpc) is 2.44. The molecular weight excluding hydrogens is 289 g/mol. The molecule has 0 bridgehead atoms. The number of halogens is 2. The van der Waals surface area contributed by atoms with Gasteiger partial charge in [-0.2, -0.15) is 0 Å². The fourth-order valence-corrected chi connectivity index (χ4v) is 2.85. The third kappa shape index (κ3) is 3.99. The van der Waals surface area contributed by atoms with Gasteiger partial charge in [0, 0.05) is 16.1 Å². The number of rotatable bonds is 5. The van der Waals surface area contributed by atoms with Crippen molar-refractivity contribution in [2.24, 2.45) is 0 Å².